The maximum atomic E-state index is 5.94. The van der Waals surface area contributed by atoms with E-state index in [-0.39, 0.29) is 6.04 Å². The molecule has 0 saturated carbocycles. The second-order valence-corrected chi connectivity index (χ2v) is 3.73. The molecule has 13 heavy (non-hydrogen) atoms. The molecular weight excluding hydrogens is 186 g/mol. The van der Waals surface area contributed by atoms with Gasteiger partial charge in [0.15, 0.2) is 0 Å². The van der Waals surface area contributed by atoms with Crippen LogP contribution in [-0.4, -0.2) is 4.98 Å². The Hall–Kier alpha value is -0.800. The van der Waals surface area contributed by atoms with Crippen molar-refractivity contribution in [3.05, 3.63) is 23.0 Å². The SMILES string of the molecule is CC(C)[C@@H](N)c1c(N)ccnc1Cl. The molecule has 1 heterocycles. The zero-order valence-electron chi connectivity index (χ0n) is 7.79. The van der Waals surface area contributed by atoms with Crippen molar-refractivity contribution in [2.75, 3.05) is 5.73 Å². The number of nitrogens with two attached hydrogens (primary N) is 2. The van der Waals surface area contributed by atoms with Crippen molar-refractivity contribution in [3.8, 4) is 0 Å². The Morgan fingerprint density at radius 2 is 2.08 bits per heavy atom. The Balaban J connectivity index is 3.12. The van der Waals surface area contributed by atoms with Crippen molar-refractivity contribution in [1.29, 1.82) is 0 Å². The molecule has 0 aliphatic rings. The summed E-state index contributed by atoms with van der Waals surface area (Å²) in [6.45, 7) is 4.04. The lowest BCUT2D eigenvalue weighted by Gasteiger charge is -2.18. The molecule has 0 aliphatic heterocycles. The molecule has 1 rings (SSSR count). The molecule has 72 valence electrons. The lowest BCUT2D eigenvalue weighted by atomic mass is 9.97. The summed E-state index contributed by atoms with van der Waals surface area (Å²) in [5.41, 5.74) is 13.1. The quantitative estimate of drug-likeness (QED) is 0.716. The molecule has 1 atom stereocenters. The highest BCUT2D eigenvalue weighted by atomic mass is 35.5. The van der Waals surface area contributed by atoms with Crippen LogP contribution in [0.15, 0.2) is 12.3 Å². The molecule has 1 aromatic rings. The molecule has 4 N–H and O–H groups in total. The summed E-state index contributed by atoms with van der Waals surface area (Å²) in [6, 6.07) is 1.56. The molecule has 0 fully saturated rings. The van der Waals surface area contributed by atoms with Crippen LogP contribution in [0.4, 0.5) is 5.69 Å². The molecular formula is C9H14ClN3. The molecule has 0 unspecified atom stereocenters. The van der Waals surface area contributed by atoms with E-state index >= 15 is 0 Å². The molecule has 0 spiro atoms. The number of anilines is 1. The average Bonchev–Trinajstić information content (AvgIpc) is 2.03. The molecule has 0 aromatic carbocycles. The van der Waals surface area contributed by atoms with E-state index in [2.05, 4.69) is 4.98 Å². The van der Waals surface area contributed by atoms with Gasteiger partial charge in [-0.2, -0.15) is 0 Å². The van der Waals surface area contributed by atoms with Crippen LogP contribution in [0.1, 0.15) is 25.5 Å². The third-order valence-electron chi connectivity index (χ3n) is 2.03. The standard InChI is InChI=1S/C9H14ClN3/c1-5(2)8(12)7-6(11)3-4-13-9(7)10/h3-5,8H,12H2,1-2H3,(H2,11,13)/t8-/m1/s1. The van der Waals surface area contributed by atoms with Crippen LogP contribution in [0.5, 0.6) is 0 Å². The average molecular weight is 200 g/mol. The summed E-state index contributed by atoms with van der Waals surface area (Å²) in [4.78, 5) is 3.95. The zero-order chi connectivity index (χ0) is 10.0. The van der Waals surface area contributed by atoms with E-state index < -0.39 is 0 Å². The van der Waals surface area contributed by atoms with Crippen molar-refractivity contribution in [2.45, 2.75) is 19.9 Å². The third-order valence-corrected chi connectivity index (χ3v) is 2.33. The second-order valence-electron chi connectivity index (χ2n) is 3.37. The normalized spacial score (nSPS) is 13.3. The van der Waals surface area contributed by atoms with Crippen LogP contribution in [-0.2, 0) is 0 Å². The van der Waals surface area contributed by atoms with E-state index in [0.717, 1.165) is 5.56 Å². The minimum absolute atomic E-state index is 0.152. The van der Waals surface area contributed by atoms with Gasteiger partial charge in [0.1, 0.15) is 5.15 Å². The van der Waals surface area contributed by atoms with Gasteiger partial charge < -0.3 is 11.5 Å². The lowest BCUT2D eigenvalue weighted by molar-refractivity contribution is 0.514. The molecule has 0 radical (unpaired) electrons. The first-order valence-corrected chi connectivity index (χ1v) is 4.57. The molecule has 0 bridgehead atoms. The van der Waals surface area contributed by atoms with Crippen molar-refractivity contribution in [3.63, 3.8) is 0 Å². The maximum absolute atomic E-state index is 5.94. The second kappa shape index (κ2) is 3.94. The van der Waals surface area contributed by atoms with Gasteiger partial charge in [0.25, 0.3) is 0 Å². The monoisotopic (exact) mass is 199 g/mol. The van der Waals surface area contributed by atoms with Crippen LogP contribution >= 0.6 is 11.6 Å². The summed E-state index contributed by atoms with van der Waals surface area (Å²) in [5, 5.41) is 0.404. The van der Waals surface area contributed by atoms with Crippen LogP contribution in [0, 0.1) is 5.92 Å². The predicted molar refractivity (Wildman–Crippen MR) is 55.4 cm³/mol. The summed E-state index contributed by atoms with van der Waals surface area (Å²) in [6.07, 6.45) is 1.58. The van der Waals surface area contributed by atoms with E-state index in [1.165, 1.54) is 0 Å². The van der Waals surface area contributed by atoms with Gasteiger partial charge in [0, 0.05) is 23.5 Å². The maximum Gasteiger partial charge on any atom is 0.135 e. The van der Waals surface area contributed by atoms with Crippen molar-refractivity contribution in [1.82, 2.24) is 4.98 Å². The van der Waals surface area contributed by atoms with Crippen molar-refractivity contribution < 1.29 is 0 Å². The first-order chi connectivity index (χ1) is 6.04. The molecule has 3 nitrogen and oxygen atoms in total. The number of nitrogens with zero attached hydrogens (tertiary/aromatic N) is 1. The Labute approximate surface area is 83.1 Å². The summed E-state index contributed by atoms with van der Waals surface area (Å²) in [5.74, 6) is 0.295. The van der Waals surface area contributed by atoms with Gasteiger partial charge in [0.05, 0.1) is 0 Å². The smallest absolute Gasteiger partial charge is 0.135 e. The van der Waals surface area contributed by atoms with Gasteiger partial charge in [-0.25, -0.2) is 4.98 Å². The van der Waals surface area contributed by atoms with Gasteiger partial charge in [-0.3, -0.25) is 0 Å². The number of pyridine rings is 1. The minimum atomic E-state index is -0.152. The van der Waals surface area contributed by atoms with Gasteiger partial charge in [-0.05, 0) is 12.0 Å². The largest absolute Gasteiger partial charge is 0.398 e. The van der Waals surface area contributed by atoms with Crippen LogP contribution in [0.25, 0.3) is 0 Å². The van der Waals surface area contributed by atoms with E-state index in [4.69, 9.17) is 23.1 Å². The Kier molecular flexibility index (Phi) is 3.12. The van der Waals surface area contributed by atoms with E-state index in [1.807, 2.05) is 13.8 Å². The van der Waals surface area contributed by atoms with Gasteiger partial charge in [-0.15, -0.1) is 0 Å². The van der Waals surface area contributed by atoms with Crippen molar-refractivity contribution >= 4 is 17.3 Å². The topological polar surface area (TPSA) is 64.9 Å². The van der Waals surface area contributed by atoms with E-state index in [1.54, 1.807) is 12.3 Å². The lowest BCUT2D eigenvalue weighted by Crippen LogP contribution is -2.19. The fourth-order valence-electron chi connectivity index (χ4n) is 1.12. The number of hydrogen-bond donors (Lipinski definition) is 2. The fraction of sp³-hybridized carbons (Fsp3) is 0.444. The first-order valence-electron chi connectivity index (χ1n) is 4.19. The minimum Gasteiger partial charge on any atom is -0.398 e. The summed E-state index contributed by atoms with van der Waals surface area (Å²) in [7, 11) is 0. The number of aromatic nitrogens is 1. The molecule has 0 aliphatic carbocycles. The number of rotatable bonds is 2. The Bertz CT molecular complexity index is 279. The van der Waals surface area contributed by atoms with Gasteiger partial charge in [-0.1, -0.05) is 25.4 Å². The third kappa shape index (κ3) is 2.11. The van der Waals surface area contributed by atoms with Gasteiger partial charge >= 0.3 is 0 Å². The first kappa shape index (κ1) is 10.3. The Morgan fingerprint density at radius 3 is 2.54 bits per heavy atom. The molecule has 0 saturated heterocycles. The van der Waals surface area contributed by atoms with E-state index in [0.29, 0.717) is 16.8 Å². The number of hydrogen-bond acceptors (Lipinski definition) is 3. The molecule has 1 aromatic heterocycles. The van der Waals surface area contributed by atoms with Crippen LogP contribution in [0.2, 0.25) is 5.15 Å². The highest BCUT2D eigenvalue weighted by molar-refractivity contribution is 6.30. The molecule has 0 amide bonds. The predicted octanol–water partition coefficient (Wildman–Crippen LogP) is 1.97. The summed E-state index contributed by atoms with van der Waals surface area (Å²) >= 11 is 5.90. The van der Waals surface area contributed by atoms with Crippen LogP contribution < -0.4 is 11.5 Å². The molecule has 4 heteroatoms. The Morgan fingerprint density at radius 1 is 1.46 bits per heavy atom. The number of halogens is 1. The zero-order valence-corrected chi connectivity index (χ0v) is 8.55. The van der Waals surface area contributed by atoms with Gasteiger partial charge in [0.2, 0.25) is 0 Å². The highest BCUT2D eigenvalue weighted by Gasteiger charge is 2.17. The van der Waals surface area contributed by atoms with Crippen molar-refractivity contribution in [2.24, 2.45) is 11.7 Å². The summed E-state index contributed by atoms with van der Waals surface area (Å²) < 4.78 is 0. The van der Waals surface area contributed by atoms with Crippen LogP contribution in [0.3, 0.4) is 0 Å². The fourth-order valence-corrected chi connectivity index (χ4v) is 1.42. The highest BCUT2D eigenvalue weighted by Crippen LogP contribution is 2.29. The van der Waals surface area contributed by atoms with E-state index in [9.17, 15) is 0 Å². The number of nitrogen functional groups attached to an aromatic ring is 1.